The van der Waals surface area contributed by atoms with Gasteiger partial charge in [-0.3, -0.25) is 0 Å². The van der Waals surface area contributed by atoms with Gasteiger partial charge in [-0.15, -0.1) is 0 Å². The van der Waals surface area contributed by atoms with E-state index in [1.165, 1.54) is 17.3 Å². The third kappa shape index (κ3) is 5.04. The van der Waals surface area contributed by atoms with Gasteiger partial charge in [-0.05, 0) is 24.4 Å². The number of ether oxygens (including phenoxy) is 1. The number of nitrogens with zero attached hydrogens (tertiary/aromatic N) is 2. The van der Waals surface area contributed by atoms with Crippen LogP contribution in [0.5, 0.6) is 0 Å². The summed E-state index contributed by atoms with van der Waals surface area (Å²) < 4.78 is 7.62. The summed E-state index contributed by atoms with van der Waals surface area (Å²) in [7, 11) is -0.970. The Kier molecular flexibility index (Phi) is 5.40. The Morgan fingerprint density at radius 2 is 1.94 bits per heavy atom. The first-order valence-corrected chi connectivity index (χ1v) is 10.3. The van der Waals surface area contributed by atoms with Gasteiger partial charge in [0, 0.05) is 20.9 Å². The Morgan fingerprint density at radius 3 is 2.41 bits per heavy atom. The average Bonchev–Trinajstić information content (AvgIpc) is 2.65. The molecule has 1 rings (SSSR count). The Morgan fingerprint density at radius 1 is 1.24 bits per heavy atom. The number of aryl methyl sites for hydroxylation is 2. The number of rotatable bonds is 7. The second-order valence-corrected chi connectivity index (χ2v) is 11.3. The summed E-state index contributed by atoms with van der Waals surface area (Å²) in [6.45, 7) is 12.9. The minimum atomic E-state index is -0.970. The van der Waals surface area contributed by atoms with Gasteiger partial charge < -0.3 is 4.74 Å². The molecular weight excluding hydrogens is 228 g/mol. The van der Waals surface area contributed by atoms with Crippen LogP contribution in [0.4, 0.5) is 0 Å². The van der Waals surface area contributed by atoms with Crippen molar-refractivity contribution in [2.45, 2.75) is 59.1 Å². The lowest BCUT2D eigenvalue weighted by molar-refractivity contribution is 0.0783. The SMILES string of the molecule is CCc1cn(COCC[Si](C)(C)C)nc1CC. The molecule has 4 heteroatoms. The Labute approximate surface area is 106 Å². The predicted molar refractivity (Wildman–Crippen MR) is 75.1 cm³/mol. The van der Waals surface area contributed by atoms with E-state index in [0.717, 1.165) is 19.4 Å². The smallest absolute Gasteiger partial charge is 0.139 e. The zero-order valence-corrected chi connectivity index (χ0v) is 12.9. The second kappa shape index (κ2) is 6.35. The molecule has 1 aromatic rings. The van der Waals surface area contributed by atoms with Gasteiger partial charge in [0.15, 0.2) is 0 Å². The molecule has 0 spiro atoms. The van der Waals surface area contributed by atoms with Crippen molar-refractivity contribution in [2.24, 2.45) is 0 Å². The molecule has 17 heavy (non-hydrogen) atoms. The van der Waals surface area contributed by atoms with Gasteiger partial charge >= 0.3 is 0 Å². The van der Waals surface area contributed by atoms with Gasteiger partial charge in [-0.2, -0.15) is 5.10 Å². The first kappa shape index (κ1) is 14.4. The normalized spacial score (nSPS) is 12.1. The number of aromatic nitrogens is 2. The maximum absolute atomic E-state index is 5.69. The van der Waals surface area contributed by atoms with Crippen molar-refractivity contribution in [3.8, 4) is 0 Å². The molecule has 0 unspecified atom stereocenters. The summed E-state index contributed by atoms with van der Waals surface area (Å²) in [5.41, 5.74) is 2.56. The van der Waals surface area contributed by atoms with Crippen LogP contribution in [0.2, 0.25) is 25.7 Å². The van der Waals surface area contributed by atoms with Crippen LogP contribution < -0.4 is 0 Å². The molecule has 0 aromatic carbocycles. The molecule has 98 valence electrons. The molecule has 0 saturated carbocycles. The van der Waals surface area contributed by atoms with Crippen molar-refractivity contribution >= 4 is 8.07 Å². The van der Waals surface area contributed by atoms with Gasteiger partial charge in [0.05, 0.1) is 5.69 Å². The summed E-state index contributed by atoms with van der Waals surface area (Å²) in [5.74, 6) is 0. The van der Waals surface area contributed by atoms with Crippen LogP contribution in [0, 0.1) is 0 Å². The first-order valence-electron chi connectivity index (χ1n) is 6.59. The molecule has 0 radical (unpaired) electrons. The van der Waals surface area contributed by atoms with E-state index < -0.39 is 8.07 Å². The number of hydrogen-bond donors (Lipinski definition) is 0. The van der Waals surface area contributed by atoms with Crippen LogP contribution in [-0.2, 0) is 24.3 Å². The molecule has 0 bridgehead atoms. The molecule has 0 aliphatic heterocycles. The Balaban J connectivity index is 2.39. The third-order valence-corrected chi connectivity index (χ3v) is 4.56. The van der Waals surface area contributed by atoms with Gasteiger partial charge in [-0.25, -0.2) is 4.68 Å². The topological polar surface area (TPSA) is 27.1 Å². The lowest BCUT2D eigenvalue weighted by Gasteiger charge is -2.15. The zero-order valence-electron chi connectivity index (χ0n) is 11.9. The van der Waals surface area contributed by atoms with E-state index in [1.807, 2.05) is 4.68 Å². The van der Waals surface area contributed by atoms with E-state index in [9.17, 15) is 0 Å². The lowest BCUT2D eigenvalue weighted by Crippen LogP contribution is -2.22. The minimum absolute atomic E-state index is 0.595. The van der Waals surface area contributed by atoms with Crippen LogP contribution in [0.15, 0.2) is 6.20 Å². The third-order valence-electron chi connectivity index (χ3n) is 2.86. The molecule has 0 amide bonds. The molecule has 0 N–H and O–H groups in total. The summed E-state index contributed by atoms with van der Waals surface area (Å²) in [6.07, 6.45) is 4.18. The minimum Gasteiger partial charge on any atom is -0.360 e. The van der Waals surface area contributed by atoms with Gasteiger partial charge in [0.25, 0.3) is 0 Å². The highest BCUT2D eigenvalue weighted by Gasteiger charge is 2.12. The molecule has 0 saturated heterocycles. The molecule has 0 fully saturated rings. The van der Waals surface area contributed by atoms with Crippen molar-refractivity contribution in [2.75, 3.05) is 6.61 Å². The highest BCUT2D eigenvalue weighted by atomic mass is 28.3. The molecule has 1 aromatic heterocycles. The van der Waals surface area contributed by atoms with Crippen molar-refractivity contribution < 1.29 is 4.74 Å². The van der Waals surface area contributed by atoms with E-state index in [-0.39, 0.29) is 0 Å². The quantitative estimate of drug-likeness (QED) is 0.551. The lowest BCUT2D eigenvalue weighted by atomic mass is 10.2. The van der Waals surface area contributed by atoms with Crippen molar-refractivity contribution in [3.63, 3.8) is 0 Å². The van der Waals surface area contributed by atoms with E-state index in [1.54, 1.807) is 0 Å². The molecule has 1 heterocycles. The summed E-state index contributed by atoms with van der Waals surface area (Å²) >= 11 is 0. The van der Waals surface area contributed by atoms with E-state index in [0.29, 0.717) is 6.73 Å². The predicted octanol–water partition coefficient (Wildman–Crippen LogP) is 3.32. The van der Waals surface area contributed by atoms with Gasteiger partial charge in [0.2, 0.25) is 0 Å². The Hall–Kier alpha value is -0.613. The summed E-state index contributed by atoms with van der Waals surface area (Å²) in [5, 5.41) is 4.54. The summed E-state index contributed by atoms with van der Waals surface area (Å²) in [6, 6.07) is 1.22. The fourth-order valence-electron chi connectivity index (χ4n) is 1.70. The summed E-state index contributed by atoms with van der Waals surface area (Å²) in [4.78, 5) is 0. The second-order valence-electron chi connectivity index (χ2n) is 5.70. The molecule has 0 aliphatic carbocycles. The van der Waals surface area contributed by atoms with Crippen LogP contribution in [0.25, 0.3) is 0 Å². The van der Waals surface area contributed by atoms with Gasteiger partial charge in [-0.1, -0.05) is 33.5 Å². The highest BCUT2D eigenvalue weighted by molar-refractivity contribution is 6.76. The van der Waals surface area contributed by atoms with E-state index in [2.05, 4.69) is 44.8 Å². The van der Waals surface area contributed by atoms with Crippen molar-refractivity contribution in [1.29, 1.82) is 0 Å². The van der Waals surface area contributed by atoms with E-state index in [4.69, 9.17) is 4.74 Å². The average molecular weight is 254 g/mol. The molecular formula is C13H26N2OSi. The maximum Gasteiger partial charge on any atom is 0.139 e. The van der Waals surface area contributed by atoms with E-state index >= 15 is 0 Å². The first-order chi connectivity index (χ1) is 7.96. The largest absolute Gasteiger partial charge is 0.360 e. The molecule has 0 atom stereocenters. The highest BCUT2D eigenvalue weighted by Crippen LogP contribution is 2.10. The molecule has 0 aliphatic rings. The van der Waals surface area contributed by atoms with Gasteiger partial charge in [0.1, 0.15) is 6.73 Å². The fraction of sp³-hybridized carbons (Fsp3) is 0.769. The monoisotopic (exact) mass is 254 g/mol. The Bertz CT molecular complexity index is 320. The van der Waals surface area contributed by atoms with Crippen LogP contribution >= 0.6 is 0 Å². The van der Waals surface area contributed by atoms with Crippen LogP contribution in [0.1, 0.15) is 25.1 Å². The van der Waals surface area contributed by atoms with Crippen molar-refractivity contribution in [1.82, 2.24) is 9.78 Å². The number of hydrogen-bond acceptors (Lipinski definition) is 2. The van der Waals surface area contributed by atoms with Crippen LogP contribution in [-0.4, -0.2) is 24.5 Å². The van der Waals surface area contributed by atoms with Crippen LogP contribution in [0.3, 0.4) is 0 Å². The zero-order chi connectivity index (χ0) is 12.9. The fourth-order valence-corrected chi connectivity index (χ4v) is 2.45. The van der Waals surface area contributed by atoms with Crippen molar-refractivity contribution in [3.05, 3.63) is 17.5 Å². The standard InChI is InChI=1S/C13H26N2OSi/c1-6-12-10-15(14-13(12)7-2)11-16-8-9-17(3,4)5/h10H,6-9,11H2,1-5H3. The maximum atomic E-state index is 5.69. The molecule has 3 nitrogen and oxygen atoms in total.